The fourth-order valence-corrected chi connectivity index (χ4v) is 3.24. The lowest BCUT2D eigenvalue weighted by atomic mass is 10.1. The number of sulfonamides is 1. The number of nitrogen functional groups attached to an aromatic ring is 1. The van der Waals surface area contributed by atoms with Gasteiger partial charge in [-0.3, -0.25) is 0 Å². The van der Waals surface area contributed by atoms with E-state index >= 15 is 0 Å². The molecule has 0 bridgehead atoms. The quantitative estimate of drug-likeness (QED) is 0.605. The van der Waals surface area contributed by atoms with Crippen molar-refractivity contribution in [3.8, 4) is 5.75 Å². The summed E-state index contributed by atoms with van der Waals surface area (Å²) in [4.78, 5) is 1.74. The van der Waals surface area contributed by atoms with Crippen molar-refractivity contribution >= 4 is 15.7 Å². The molecular formula is C13H23N3O4S. The maximum absolute atomic E-state index is 12.2. The molecule has 0 aliphatic rings. The predicted octanol–water partition coefficient (Wildman–Crippen LogP) is -0.132. The normalized spacial score (nSPS) is 15.0. The summed E-state index contributed by atoms with van der Waals surface area (Å²) in [5, 5.41) is 10.1. The Kier molecular flexibility index (Phi) is 5.57. The molecule has 1 aromatic carbocycles. The standard InChI is InChI=1S/C13H23N3O4S/c1-13(17,9-16(2)3)8-15-21(18,19)12-6-5-10(20-4)7-11(12)14/h5-7,15,17H,8-9,14H2,1-4H3. The minimum atomic E-state index is -3.79. The highest BCUT2D eigenvalue weighted by Gasteiger charge is 2.26. The molecule has 7 nitrogen and oxygen atoms in total. The number of benzene rings is 1. The molecule has 0 saturated carbocycles. The molecule has 1 rings (SSSR count). The second-order valence-corrected chi connectivity index (χ2v) is 7.20. The number of nitrogens with two attached hydrogens (primary N) is 1. The van der Waals surface area contributed by atoms with Crippen molar-refractivity contribution in [1.29, 1.82) is 0 Å². The Balaban J connectivity index is 2.87. The summed E-state index contributed by atoms with van der Waals surface area (Å²) in [5.74, 6) is 0.478. The van der Waals surface area contributed by atoms with Crippen LogP contribution < -0.4 is 15.2 Å². The monoisotopic (exact) mass is 317 g/mol. The van der Waals surface area contributed by atoms with Crippen LogP contribution in [0.15, 0.2) is 23.1 Å². The zero-order valence-electron chi connectivity index (χ0n) is 12.8. The lowest BCUT2D eigenvalue weighted by Gasteiger charge is -2.27. The van der Waals surface area contributed by atoms with Gasteiger partial charge < -0.3 is 20.5 Å². The predicted molar refractivity (Wildman–Crippen MR) is 81.8 cm³/mol. The number of aliphatic hydroxyl groups is 1. The third kappa shape index (κ3) is 5.16. The van der Waals surface area contributed by atoms with E-state index in [4.69, 9.17) is 10.5 Å². The number of hydrogen-bond donors (Lipinski definition) is 3. The first-order valence-electron chi connectivity index (χ1n) is 6.38. The zero-order valence-corrected chi connectivity index (χ0v) is 13.6. The van der Waals surface area contributed by atoms with E-state index in [9.17, 15) is 13.5 Å². The lowest BCUT2D eigenvalue weighted by Crippen LogP contribution is -2.47. The average Bonchev–Trinajstić information content (AvgIpc) is 2.34. The summed E-state index contributed by atoms with van der Waals surface area (Å²) in [6, 6.07) is 4.33. The van der Waals surface area contributed by atoms with Gasteiger partial charge in [-0.25, -0.2) is 13.1 Å². The number of methoxy groups -OCH3 is 1. The summed E-state index contributed by atoms with van der Waals surface area (Å²) < 4.78 is 31.8. The SMILES string of the molecule is COc1ccc(S(=O)(=O)NCC(C)(O)CN(C)C)c(N)c1. The third-order valence-corrected chi connectivity index (χ3v) is 4.28. The van der Waals surface area contributed by atoms with E-state index in [1.807, 2.05) is 0 Å². The molecule has 21 heavy (non-hydrogen) atoms. The van der Waals surface area contributed by atoms with Crippen molar-refractivity contribution in [2.45, 2.75) is 17.4 Å². The second kappa shape index (κ2) is 6.61. The minimum absolute atomic E-state index is 0.0380. The topological polar surface area (TPSA) is 105 Å². The molecule has 1 aromatic rings. The van der Waals surface area contributed by atoms with E-state index in [0.717, 1.165) is 0 Å². The summed E-state index contributed by atoms with van der Waals surface area (Å²) >= 11 is 0. The molecule has 0 fully saturated rings. The van der Waals surface area contributed by atoms with Crippen molar-refractivity contribution in [2.24, 2.45) is 0 Å². The number of likely N-dealkylation sites (N-methyl/N-ethyl adjacent to an activating group) is 1. The first-order chi connectivity index (χ1) is 9.57. The van der Waals surface area contributed by atoms with Crippen LogP contribution in [-0.4, -0.2) is 58.3 Å². The number of rotatable bonds is 7. The lowest BCUT2D eigenvalue weighted by molar-refractivity contribution is 0.0386. The Morgan fingerprint density at radius 1 is 1.43 bits per heavy atom. The second-order valence-electron chi connectivity index (χ2n) is 5.46. The highest BCUT2D eigenvalue weighted by atomic mass is 32.2. The summed E-state index contributed by atoms with van der Waals surface area (Å²) in [6.45, 7) is 1.78. The van der Waals surface area contributed by atoms with Gasteiger partial charge >= 0.3 is 0 Å². The van der Waals surface area contributed by atoms with Gasteiger partial charge in [0.15, 0.2) is 0 Å². The van der Waals surface area contributed by atoms with E-state index in [1.54, 1.807) is 25.9 Å². The largest absolute Gasteiger partial charge is 0.497 e. The molecule has 0 aliphatic carbocycles. The Labute approximate surface area is 125 Å². The molecule has 0 spiro atoms. The summed E-state index contributed by atoms with van der Waals surface area (Å²) in [6.07, 6.45) is 0. The smallest absolute Gasteiger partial charge is 0.242 e. The highest BCUT2D eigenvalue weighted by Crippen LogP contribution is 2.23. The molecule has 1 unspecified atom stereocenters. The first kappa shape index (κ1) is 17.7. The molecule has 0 radical (unpaired) electrons. The Morgan fingerprint density at radius 3 is 2.52 bits per heavy atom. The van der Waals surface area contributed by atoms with Crippen LogP contribution in [0.4, 0.5) is 5.69 Å². The van der Waals surface area contributed by atoms with E-state index in [-0.39, 0.29) is 17.1 Å². The van der Waals surface area contributed by atoms with Gasteiger partial charge in [0.25, 0.3) is 0 Å². The van der Waals surface area contributed by atoms with E-state index in [1.165, 1.54) is 25.3 Å². The van der Waals surface area contributed by atoms with Crippen molar-refractivity contribution in [2.75, 3.05) is 40.0 Å². The Hall–Kier alpha value is -1.35. The van der Waals surface area contributed by atoms with Gasteiger partial charge in [-0.1, -0.05) is 0 Å². The van der Waals surface area contributed by atoms with Crippen LogP contribution in [-0.2, 0) is 10.0 Å². The fourth-order valence-electron chi connectivity index (χ4n) is 1.96. The molecule has 1 atom stereocenters. The zero-order chi connectivity index (χ0) is 16.3. The van der Waals surface area contributed by atoms with Crippen LogP contribution in [0.25, 0.3) is 0 Å². The van der Waals surface area contributed by atoms with Crippen molar-refractivity contribution in [3.05, 3.63) is 18.2 Å². The number of nitrogens with one attached hydrogen (secondary N) is 1. The fraction of sp³-hybridized carbons (Fsp3) is 0.538. The minimum Gasteiger partial charge on any atom is -0.497 e. The van der Waals surface area contributed by atoms with Crippen LogP contribution in [0.5, 0.6) is 5.75 Å². The van der Waals surface area contributed by atoms with Gasteiger partial charge in [0.05, 0.1) is 18.4 Å². The molecule has 0 aromatic heterocycles. The molecular weight excluding hydrogens is 294 g/mol. The molecule has 120 valence electrons. The van der Waals surface area contributed by atoms with E-state index in [2.05, 4.69) is 4.72 Å². The van der Waals surface area contributed by atoms with Crippen LogP contribution in [0.2, 0.25) is 0 Å². The van der Waals surface area contributed by atoms with Gasteiger partial charge in [0.2, 0.25) is 10.0 Å². The number of ether oxygens (including phenoxy) is 1. The molecule has 0 amide bonds. The molecule has 0 heterocycles. The number of nitrogens with zero attached hydrogens (tertiary/aromatic N) is 1. The number of hydrogen-bond acceptors (Lipinski definition) is 6. The first-order valence-corrected chi connectivity index (χ1v) is 7.86. The van der Waals surface area contributed by atoms with E-state index < -0.39 is 15.6 Å². The summed E-state index contributed by atoms with van der Waals surface area (Å²) in [5.41, 5.74) is 4.64. The average molecular weight is 317 g/mol. The van der Waals surface area contributed by atoms with E-state index in [0.29, 0.717) is 12.3 Å². The number of anilines is 1. The van der Waals surface area contributed by atoms with Gasteiger partial charge in [0.1, 0.15) is 10.6 Å². The van der Waals surface area contributed by atoms with Gasteiger partial charge in [0, 0.05) is 19.2 Å². The van der Waals surface area contributed by atoms with Crippen LogP contribution in [0, 0.1) is 0 Å². The van der Waals surface area contributed by atoms with Crippen molar-refractivity contribution in [1.82, 2.24) is 9.62 Å². The van der Waals surface area contributed by atoms with Gasteiger partial charge in [-0.15, -0.1) is 0 Å². The maximum atomic E-state index is 12.2. The van der Waals surface area contributed by atoms with Crippen LogP contribution >= 0.6 is 0 Å². The Bertz CT molecular complexity index is 585. The van der Waals surface area contributed by atoms with Crippen molar-refractivity contribution in [3.63, 3.8) is 0 Å². The molecule has 8 heteroatoms. The molecule has 4 N–H and O–H groups in total. The van der Waals surface area contributed by atoms with Gasteiger partial charge in [-0.05, 0) is 33.2 Å². The van der Waals surface area contributed by atoms with Crippen LogP contribution in [0.1, 0.15) is 6.92 Å². The van der Waals surface area contributed by atoms with Gasteiger partial charge in [-0.2, -0.15) is 0 Å². The third-order valence-electron chi connectivity index (χ3n) is 2.81. The summed E-state index contributed by atoms with van der Waals surface area (Å²) in [7, 11) is 1.27. The highest BCUT2D eigenvalue weighted by molar-refractivity contribution is 7.89. The maximum Gasteiger partial charge on any atom is 0.242 e. The van der Waals surface area contributed by atoms with Crippen LogP contribution in [0.3, 0.4) is 0 Å². The molecule has 0 aliphatic heterocycles. The van der Waals surface area contributed by atoms with Crippen molar-refractivity contribution < 1.29 is 18.3 Å². The Morgan fingerprint density at radius 2 is 2.05 bits per heavy atom. The molecule has 0 saturated heterocycles.